The van der Waals surface area contributed by atoms with Gasteiger partial charge in [-0.25, -0.2) is 4.98 Å². The molecule has 0 saturated carbocycles. The first-order valence-electron chi connectivity index (χ1n) is 6.46. The van der Waals surface area contributed by atoms with Gasteiger partial charge in [0.1, 0.15) is 11.3 Å². The highest BCUT2D eigenvalue weighted by molar-refractivity contribution is 7.99. The number of benzene rings is 2. The van der Waals surface area contributed by atoms with E-state index in [1.165, 1.54) is 5.56 Å². The van der Waals surface area contributed by atoms with Crippen LogP contribution in [0.2, 0.25) is 0 Å². The highest BCUT2D eigenvalue weighted by Crippen LogP contribution is 2.24. The number of thioether (sulfide) groups is 1. The van der Waals surface area contributed by atoms with E-state index in [-0.39, 0.29) is 0 Å². The van der Waals surface area contributed by atoms with Gasteiger partial charge in [0.25, 0.3) is 5.22 Å². The number of aryl methyl sites for hydroxylation is 1. The van der Waals surface area contributed by atoms with Gasteiger partial charge in [-0.15, -0.1) is 0 Å². The van der Waals surface area contributed by atoms with Gasteiger partial charge in [0.05, 0.1) is 7.11 Å². The number of hydrogen-bond acceptors (Lipinski definition) is 4. The van der Waals surface area contributed by atoms with Crippen molar-refractivity contribution in [3.63, 3.8) is 0 Å². The lowest BCUT2D eigenvalue weighted by Crippen LogP contribution is -1.89. The van der Waals surface area contributed by atoms with E-state index in [1.807, 2.05) is 36.4 Å². The van der Waals surface area contributed by atoms with Crippen molar-refractivity contribution < 1.29 is 9.15 Å². The molecule has 3 aromatic rings. The van der Waals surface area contributed by atoms with Gasteiger partial charge >= 0.3 is 0 Å². The van der Waals surface area contributed by atoms with Crippen LogP contribution in [0.25, 0.3) is 11.1 Å². The van der Waals surface area contributed by atoms with Crippen molar-refractivity contribution in [1.29, 1.82) is 0 Å². The molecular weight excluding hydrogens is 270 g/mol. The van der Waals surface area contributed by atoms with Gasteiger partial charge in [-0.05, 0) is 36.2 Å². The molecule has 0 unspecified atom stereocenters. The minimum atomic E-state index is 0.736. The largest absolute Gasteiger partial charge is 0.497 e. The number of ether oxygens (including phenoxy) is 1. The Morgan fingerprint density at radius 1 is 1.10 bits per heavy atom. The Balaban J connectivity index is 1.58. The maximum Gasteiger partial charge on any atom is 0.256 e. The van der Waals surface area contributed by atoms with Crippen LogP contribution in [0.1, 0.15) is 5.56 Å². The lowest BCUT2D eigenvalue weighted by molar-refractivity contribution is 0.414. The summed E-state index contributed by atoms with van der Waals surface area (Å²) in [7, 11) is 1.68. The van der Waals surface area contributed by atoms with E-state index in [4.69, 9.17) is 9.15 Å². The van der Waals surface area contributed by atoms with Crippen LogP contribution in [0.15, 0.2) is 58.2 Å². The summed E-state index contributed by atoms with van der Waals surface area (Å²) in [6.07, 6.45) is 0.980. The highest BCUT2D eigenvalue weighted by atomic mass is 32.2. The smallest absolute Gasteiger partial charge is 0.256 e. The Morgan fingerprint density at radius 2 is 1.90 bits per heavy atom. The number of rotatable bonds is 5. The lowest BCUT2D eigenvalue weighted by Gasteiger charge is -2.02. The first kappa shape index (κ1) is 13.1. The summed E-state index contributed by atoms with van der Waals surface area (Å²) in [5.74, 6) is 1.83. The van der Waals surface area contributed by atoms with E-state index < -0.39 is 0 Å². The molecule has 0 aliphatic heterocycles. The summed E-state index contributed by atoms with van der Waals surface area (Å²) in [6, 6.07) is 16.0. The van der Waals surface area contributed by atoms with Crippen LogP contribution in [0.4, 0.5) is 0 Å². The number of para-hydroxylation sites is 2. The van der Waals surface area contributed by atoms with E-state index in [0.29, 0.717) is 0 Å². The second-order valence-corrected chi connectivity index (χ2v) is 5.44. The summed E-state index contributed by atoms with van der Waals surface area (Å²) >= 11 is 1.64. The van der Waals surface area contributed by atoms with Crippen LogP contribution < -0.4 is 4.74 Å². The Kier molecular flexibility index (Phi) is 3.92. The lowest BCUT2D eigenvalue weighted by atomic mass is 10.2. The minimum absolute atomic E-state index is 0.736. The van der Waals surface area contributed by atoms with Crippen LogP contribution in [0, 0.1) is 0 Å². The van der Waals surface area contributed by atoms with Crippen LogP contribution in [-0.4, -0.2) is 17.8 Å². The molecule has 0 bridgehead atoms. The summed E-state index contributed by atoms with van der Waals surface area (Å²) in [5.41, 5.74) is 3.05. The predicted octanol–water partition coefficient (Wildman–Crippen LogP) is 4.17. The standard InChI is InChI=1S/C16H15NO2S/c1-18-13-8-6-12(7-9-13)10-11-20-16-17-14-4-2-3-5-15(14)19-16/h2-9H,10-11H2,1H3. The normalized spacial score (nSPS) is 10.8. The predicted molar refractivity (Wildman–Crippen MR) is 81.4 cm³/mol. The summed E-state index contributed by atoms with van der Waals surface area (Å²) in [5, 5.41) is 0.736. The zero-order valence-electron chi connectivity index (χ0n) is 11.2. The molecule has 2 aromatic carbocycles. The molecule has 0 radical (unpaired) electrons. The molecule has 4 heteroatoms. The summed E-state index contributed by atoms with van der Waals surface area (Å²) in [6.45, 7) is 0. The van der Waals surface area contributed by atoms with E-state index >= 15 is 0 Å². The second-order valence-electron chi connectivity index (χ2n) is 4.39. The molecule has 0 saturated heterocycles. The molecule has 0 spiro atoms. The molecule has 1 aromatic heterocycles. The number of fused-ring (bicyclic) bond motifs is 1. The number of aromatic nitrogens is 1. The van der Waals surface area contributed by atoms with Gasteiger partial charge in [0.15, 0.2) is 5.58 Å². The molecule has 0 aliphatic rings. The molecule has 1 heterocycles. The third-order valence-electron chi connectivity index (χ3n) is 3.05. The van der Waals surface area contributed by atoms with E-state index in [1.54, 1.807) is 18.9 Å². The minimum Gasteiger partial charge on any atom is -0.497 e. The van der Waals surface area contributed by atoms with Gasteiger partial charge in [-0.3, -0.25) is 0 Å². The van der Waals surface area contributed by atoms with Crippen LogP contribution in [0.5, 0.6) is 5.75 Å². The van der Waals surface area contributed by atoms with Crippen molar-refractivity contribution in [1.82, 2.24) is 4.98 Å². The quantitative estimate of drug-likeness (QED) is 0.659. The van der Waals surface area contributed by atoms with Crippen LogP contribution in [-0.2, 0) is 6.42 Å². The fraction of sp³-hybridized carbons (Fsp3) is 0.188. The van der Waals surface area contributed by atoms with Crippen molar-refractivity contribution >= 4 is 22.9 Å². The molecule has 102 valence electrons. The van der Waals surface area contributed by atoms with Gasteiger partial charge in [-0.1, -0.05) is 36.0 Å². The maximum absolute atomic E-state index is 5.67. The average molecular weight is 285 g/mol. The van der Waals surface area contributed by atoms with Crippen molar-refractivity contribution in [3.05, 3.63) is 54.1 Å². The molecule has 3 nitrogen and oxygen atoms in total. The Hall–Kier alpha value is -1.94. The fourth-order valence-corrected chi connectivity index (χ4v) is 2.79. The third kappa shape index (κ3) is 2.96. The van der Waals surface area contributed by atoms with Crippen molar-refractivity contribution in [2.24, 2.45) is 0 Å². The molecule has 0 atom stereocenters. The SMILES string of the molecule is COc1ccc(CCSc2nc3ccccc3o2)cc1. The number of hydrogen-bond donors (Lipinski definition) is 0. The molecule has 3 rings (SSSR count). The molecule has 0 N–H and O–H groups in total. The number of oxazole rings is 1. The summed E-state index contributed by atoms with van der Waals surface area (Å²) < 4.78 is 10.8. The molecule has 0 aliphatic carbocycles. The zero-order valence-corrected chi connectivity index (χ0v) is 12.0. The second kappa shape index (κ2) is 6.01. The maximum atomic E-state index is 5.67. The molecule has 20 heavy (non-hydrogen) atoms. The Morgan fingerprint density at radius 3 is 2.65 bits per heavy atom. The number of nitrogens with zero attached hydrogens (tertiary/aromatic N) is 1. The zero-order chi connectivity index (χ0) is 13.8. The molecular formula is C16H15NO2S. The van der Waals surface area contributed by atoms with Gasteiger partial charge in [0.2, 0.25) is 0 Å². The van der Waals surface area contributed by atoms with Crippen LogP contribution >= 0.6 is 11.8 Å². The molecule has 0 amide bonds. The van der Waals surface area contributed by atoms with Crippen molar-refractivity contribution in [2.75, 3.05) is 12.9 Å². The highest BCUT2D eigenvalue weighted by Gasteiger charge is 2.05. The van der Waals surface area contributed by atoms with Gasteiger partial charge in [0, 0.05) is 5.75 Å². The van der Waals surface area contributed by atoms with E-state index in [9.17, 15) is 0 Å². The number of methoxy groups -OCH3 is 1. The monoisotopic (exact) mass is 285 g/mol. The molecule has 0 fully saturated rings. The third-order valence-corrected chi connectivity index (χ3v) is 3.88. The van der Waals surface area contributed by atoms with Crippen molar-refractivity contribution in [3.8, 4) is 5.75 Å². The first-order chi connectivity index (χ1) is 9.85. The average Bonchev–Trinajstić information content (AvgIpc) is 2.90. The van der Waals surface area contributed by atoms with Crippen molar-refractivity contribution in [2.45, 2.75) is 11.6 Å². The topological polar surface area (TPSA) is 35.3 Å². The first-order valence-corrected chi connectivity index (χ1v) is 7.45. The summed E-state index contributed by atoms with van der Waals surface area (Å²) in [4.78, 5) is 4.45. The Labute approximate surface area is 122 Å². The Bertz CT molecular complexity index is 658. The fourth-order valence-electron chi connectivity index (χ4n) is 1.96. The van der Waals surface area contributed by atoms with E-state index in [0.717, 1.165) is 34.2 Å². The van der Waals surface area contributed by atoms with E-state index in [2.05, 4.69) is 17.1 Å². The van der Waals surface area contributed by atoms with Crippen LogP contribution in [0.3, 0.4) is 0 Å². The van der Waals surface area contributed by atoms with Gasteiger partial charge in [-0.2, -0.15) is 0 Å². The van der Waals surface area contributed by atoms with Gasteiger partial charge < -0.3 is 9.15 Å².